The Morgan fingerprint density at radius 2 is 1.64 bits per heavy atom. The van der Waals surface area contributed by atoms with Crippen molar-refractivity contribution < 1.29 is 9.59 Å². The second-order valence-electron chi connectivity index (χ2n) is 7.52. The van der Waals surface area contributed by atoms with E-state index in [-0.39, 0.29) is 5.75 Å². The Balaban J connectivity index is 1.56. The van der Waals surface area contributed by atoms with E-state index in [4.69, 9.17) is 11.6 Å². The first-order chi connectivity index (χ1) is 17.4. The van der Waals surface area contributed by atoms with Crippen LogP contribution in [0, 0.1) is 11.3 Å². The first-order valence-corrected chi connectivity index (χ1v) is 12.8. The summed E-state index contributed by atoms with van der Waals surface area (Å²) < 4.78 is 0.844. The summed E-state index contributed by atoms with van der Waals surface area (Å²) in [4.78, 5) is 29.4. The zero-order valence-electron chi connectivity index (χ0n) is 18.7. The molecule has 0 unspecified atom stereocenters. The standard InChI is InChI=1S/C27H18BrClN4O2S/c28-20-10-6-19(7-11-20)26(35)33-32-25(34)16-36-27-23(15-30)22(17-8-12-21(29)13-9-17)14-24(31-27)18-4-2-1-3-5-18/h1-14H,16H2,(H,32,34)(H,33,35). The minimum atomic E-state index is -0.437. The van der Waals surface area contributed by atoms with E-state index in [9.17, 15) is 14.9 Å². The molecule has 2 N–H and O–H groups in total. The average Bonchev–Trinajstić information content (AvgIpc) is 2.91. The number of nitrogens with zero attached hydrogens (tertiary/aromatic N) is 2. The van der Waals surface area contributed by atoms with Crippen molar-refractivity contribution in [1.29, 1.82) is 5.26 Å². The Morgan fingerprint density at radius 3 is 2.31 bits per heavy atom. The summed E-state index contributed by atoms with van der Waals surface area (Å²) in [6.07, 6.45) is 0. The summed E-state index contributed by atoms with van der Waals surface area (Å²) in [7, 11) is 0. The largest absolute Gasteiger partial charge is 0.272 e. The van der Waals surface area contributed by atoms with Gasteiger partial charge in [-0.05, 0) is 48.0 Å². The van der Waals surface area contributed by atoms with Crippen LogP contribution in [0.4, 0.5) is 0 Å². The smallest absolute Gasteiger partial charge is 0.269 e. The lowest BCUT2D eigenvalue weighted by Crippen LogP contribution is -2.42. The Labute approximate surface area is 225 Å². The van der Waals surface area contributed by atoms with Gasteiger partial charge >= 0.3 is 0 Å². The van der Waals surface area contributed by atoms with Crippen molar-refractivity contribution in [3.63, 3.8) is 0 Å². The molecule has 0 saturated carbocycles. The first kappa shape index (κ1) is 25.5. The minimum absolute atomic E-state index is 0.0550. The summed E-state index contributed by atoms with van der Waals surface area (Å²) >= 11 is 10.5. The summed E-state index contributed by atoms with van der Waals surface area (Å²) in [5, 5.41) is 11.0. The predicted octanol–water partition coefficient (Wildman–Crippen LogP) is 6.26. The quantitative estimate of drug-likeness (QED) is 0.208. The van der Waals surface area contributed by atoms with Gasteiger partial charge < -0.3 is 0 Å². The van der Waals surface area contributed by atoms with Crippen molar-refractivity contribution in [1.82, 2.24) is 15.8 Å². The van der Waals surface area contributed by atoms with Gasteiger partial charge in [0.15, 0.2) is 0 Å². The van der Waals surface area contributed by atoms with Crippen LogP contribution in [0.25, 0.3) is 22.4 Å². The Kier molecular flexibility index (Phi) is 8.39. The zero-order valence-corrected chi connectivity index (χ0v) is 21.8. The molecule has 6 nitrogen and oxygen atoms in total. The Morgan fingerprint density at radius 1 is 0.944 bits per heavy atom. The van der Waals surface area contributed by atoms with Crippen molar-refractivity contribution >= 4 is 51.1 Å². The molecule has 0 fully saturated rings. The Hall–Kier alpha value is -3.64. The predicted molar refractivity (Wildman–Crippen MR) is 145 cm³/mol. The molecule has 1 aromatic heterocycles. The Bertz CT molecular complexity index is 1440. The second kappa shape index (κ2) is 11.9. The number of hydrazine groups is 1. The van der Waals surface area contributed by atoms with Gasteiger partial charge in [-0.2, -0.15) is 5.26 Å². The number of nitrogens with one attached hydrogen (secondary N) is 2. The highest BCUT2D eigenvalue weighted by Gasteiger charge is 2.17. The van der Waals surface area contributed by atoms with Crippen LogP contribution < -0.4 is 10.9 Å². The number of pyridine rings is 1. The van der Waals surface area contributed by atoms with Crippen LogP contribution in [0.5, 0.6) is 0 Å². The van der Waals surface area contributed by atoms with Gasteiger partial charge in [0.1, 0.15) is 11.1 Å². The maximum Gasteiger partial charge on any atom is 0.269 e. The van der Waals surface area contributed by atoms with Gasteiger partial charge in [0.25, 0.3) is 5.91 Å². The third-order valence-electron chi connectivity index (χ3n) is 5.08. The van der Waals surface area contributed by atoms with Crippen LogP contribution in [0.15, 0.2) is 94.4 Å². The SMILES string of the molecule is N#Cc1c(-c2ccc(Cl)cc2)cc(-c2ccccc2)nc1SCC(=O)NNC(=O)c1ccc(Br)cc1. The molecule has 1 heterocycles. The number of halogens is 2. The molecule has 0 aliphatic heterocycles. The maximum absolute atomic E-state index is 12.5. The van der Waals surface area contributed by atoms with Gasteiger partial charge in [0, 0.05) is 26.2 Å². The lowest BCUT2D eigenvalue weighted by molar-refractivity contribution is -0.119. The number of aromatic nitrogens is 1. The third-order valence-corrected chi connectivity index (χ3v) is 6.84. The van der Waals surface area contributed by atoms with Crippen molar-refractivity contribution in [2.24, 2.45) is 0 Å². The molecule has 178 valence electrons. The lowest BCUT2D eigenvalue weighted by atomic mass is 9.99. The van der Waals surface area contributed by atoms with E-state index in [1.807, 2.05) is 48.5 Å². The number of carbonyl (C=O) groups excluding carboxylic acids is 2. The fourth-order valence-corrected chi connectivity index (χ4v) is 4.51. The number of nitriles is 1. The highest BCUT2D eigenvalue weighted by molar-refractivity contribution is 9.10. The van der Waals surface area contributed by atoms with E-state index in [0.29, 0.717) is 32.4 Å². The number of carbonyl (C=O) groups is 2. The molecule has 0 bridgehead atoms. The van der Waals surface area contributed by atoms with E-state index in [0.717, 1.165) is 27.4 Å². The molecule has 0 radical (unpaired) electrons. The van der Waals surface area contributed by atoms with E-state index in [1.165, 1.54) is 0 Å². The molecular formula is C27H18BrClN4O2S. The number of thioether (sulfide) groups is 1. The van der Waals surface area contributed by atoms with Crippen molar-refractivity contribution in [2.75, 3.05) is 5.75 Å². The van der Waals surface area contributed by atoms with Gasteiger partial charge in [0.05, 0.1) is 17.0 Å². The molecule has 0 atom stereocenters. The first-order valence-electron chi connectivity index (χ1n) is 10.7. The van der Waals surface area contributed by atoms with Gasteiger partial charge in [-0.15, -0.1) is 0 Å². The lowest BCUT2D eigenvalue weighted by Gasteiger charge is -2.13. The monoisotopic (exact) mass is 576 g/mol. The van der Waals surface area contributed by atoms with Crippen LogP contribution in [-0.4, -0.2) is 22.6 Å². The zero-order chi connectivity index (χ0) is 25.5. The van der Waals surface area contributed by atoms with Crippen LogP contribution in [0.1, 0.15) is 15.9 Å². The van der Waals surface area contributed by atoms with Crippen molar-refractivity contribution in [3.05, 3.63) is 106 Å². The molecule has 36 heavy (non-hydrogen) atoms. The number of benzene rings is 3. The van der Waals surface area contributed by atoms with Crippen LogP contribution in [-0.2, 0) is 4.79 Å². The van der Waals surface area contributed by atoms with Crippen LogP contribution in [0.2, 0.25) is 5.02 Å². The van der Waals surface area contributed by atoms with E-state index < -0.39 is 11.8 Å². The van der Waals surface area contributed by atoms with Gasteiger partial charge in [-0.1, -0.05) is 81.8 Å². The molecule has 0 aliphatic rings. The summed E-state index contributed by atoms with van der Waals surface area (Å²) in [6.45, 7) is 0. The minimum Gasteiger partial charge on any atom is -0.272 e. The molecule has 0 saturated heterocycles. The molecule has 4 aromatic rings. The van der Waals surface area contributed by atoms with E-state index in [1.54, 1.807) is 36.4 Å². The molecule has 0 aliphatic carbocycles. The average molecular weight is 578 g/mol. The summed E-state index contributed by atoms with van der Waals surface area (Å²) in [6, 6.07) is 27.6. The molecule has 4 rings (SSSR count). The van der Waals surface area contributed by atoms with Crippen molar-refractivity contribution in [3.8, 4) is 28.5 Å². The van der Waals surface area contributed by atoms with Crippen LogP contribution >= 0.6 is 39.3 Å². The topological polar surface area (TPSA) is 94.9 Å². The normalized spacial score (nSPS) is 10.4. The van der Waals surface area contributed by atoms with E-state index >= 15 is 0 Å². The maximum atomic E-state index is 12.5. The van der Waals surface area contributed by atoms with Gasteiger partial charge in [-0.3, -0.25) is 20.4 Å². The molecule has 3 aromatic carbocycles. The number of hydrogen-bond acceptors (Lipinski definition) is 5. The molecule has 0 spiro atoms. The fraction of sp³-hybridized carbons (Fsp3) is 0.0370. The second-order valence-corrected chi connectivity index (χ2v) is 9.83. The highest BCUT2D eigenvalue weighted by atomic mass is 79.9. The summed E-state index contributed by atoms with van der Waals surface area (Å²) in [5.74, 6) is -0.928. The fourth-order valence-electron chi connectivity index (χ4n) is 3.32. The third kappa shape index (κ3) is 6.32. The molecular weight excluding hydrogens is 560 g/mol. The molecule has 9 heteroatoms. The van der Waals surface area contributed by atoms with Gasteiger partial charge in [-0.25, -0.2) is 4.98 Å². The number of amides is 2. The highest BCUT2D eigenvalue weighted by Crippen LogP contribution is 2.34. The number of hydrogen-bond donors (Lipinski definition) is 2. The summed E-state index contributed by atoms with van der Waals surface area (Å²) in [5.41, 5.74) is 8.61. The van der Waals surface area contributed by atoms with Crippen molar-refractivity contribution in [2.45, 2.75) is 5.03 Å². The van der Waals surface area contributed by atoms with E-state index in [2.05, 4.69) is 37.8 Å². The number of rotatable bonds is 6. The van der Waals surface area contributed by atoms with Gasteiger partial charge in [0.2, 0.25) is 5.91 Å². The van der Waals surface area contributed by atoms with Crippen LogP contribution in [0.3, 0.4) is 0 Å². The molecule has 2 amide bonds.